The lowest BCUT2D eigenvalue weighted by molar-refractivity contribution is -0.145. The average Bonchev–Trinajstić information content (AvgIpc) is 3.28. The van der Waals surface area contributed by atoms with Crippen molar-refractivity contribution in [2.75, 3.05) is 39.0 Å². The number of Topliss-reactive ketones (excluding diaryl/α,β-unsaturated/α-hetero) is 1. The second-order valence-corrected chi connectivity index (χ2v) is 20.5. The van der Waals surface area contributed by atoms with Crippen LogP contribution in [0, 0.1) is 28.1 Å². The van der Waals surface area contributed by atoms with Crippen LogP contribution in [0.1, 0.15) is 95.4 Å². The molecule has 3 fully saturated rings. The maximum Gasteiger partial charge on any atom is 0.315 e. The number of nitrogens with one attached hydrogen (secondary N) is 4. The number of amides is 5. The number of thiol groups is 1. The van der Waals surface area contributed by atoms with Crippen molar-refractivity contribution in [2.45, 2.75) is 126 Å². The zero-order valence-corrected chi connectivity index (χ0v) is 34.1. The summed E-state index contributed by atoms with van der Waals surface area (Å²) in [5.41, 5.74) is -1.29. The highest BCUT2D eigenvalue weighted by Gasteiger charge is 2.70. The molecule has 14 heteroatoms. The maximum absolute atomic E-state index is 14.5. The molecule has 3 aliphatic rings. The third kappa shape index (κ3) is 9.59. The fourth-order valence-corrected chi connectivity index (χ4v) is 10.3. The molecular weight excluding hydrogens is 671 g/mol. The minimum atomic E-state index is -2.78. The summed E-state index contributed by atoms with van der Waals surface area (Å²) in [7, 11) is -2.78. The maximum atomic E-state index is 14.5. The second-order valence-electron chi connectivity index (χ2n) is 17.8. The largest absolute Gasteiger partial charge is 0.346 e. The SMILES string of the molecule is C=CCNC(=O)C(=O)C(CCCC)NC(=O)[C@@H]1[C@@H]2[C@H](CN1C(=O)[C@@H](NC(=O)N[C@H](CN1CCN(C(C)C)[SH]1(C)=O)C(C)(C)C)C(C)(C)C)C2(C)C. The summed E-state index contributed by atoms with van der Waals surface area (Å²) in [6, 6.07) is -3.63. The third-order valence-corrected chi connectivity index (χ3v) is 14.2. The van der Waals surface area contributed by atoms with Gasteiger partial charge >= 0.3 is 6.03 Å². The summed E-state index contributed by atoms with van der Waals surface area (Å²) in [4.78, 5) is 69.6. The first kappa shape index (κ1) is 42.6. The Labute approximate surface area is 307 Å². The van der Waals surface area contributed by atoms with Crippen LogP contribution in [-0.2, 0) is 29.5 Å². The van der Waals surface area contributed by atoms with Crippen LogP contribution in [-0.4, -0.2) is 116 Å². The highest BCUT2D eigenvalue weighted by molar-refractivity contribution is 7.98. The number of hydrogen-bond acceptors (Lipinski definition) is 6. The van der Waals surface area contributed by atoms with Gasteiger partial charge in [0.25, 0.3) is 5.91 Å². The summed E-state index contributed by atoms with van der Waals surface area (Å²) in [6.45, 7) is 27.6. The molecule has 292 valence electrons. The lowest BCUT2D eigenvalue weighted by Crippen LogP contribution is -2.63. The molecule has 3 rings (SSSR count). The van der Waals surface area contributed by atoms with Gasteiger partial charge in [0.05, 0.1) is 6.04 Å². The zero-order chi connectivity index (χ0) is 38.9. The van der Waals surface area contributed by atoms with Gasteiger partial charge < -0.3 is 26.2 Å². The van der Waals surface area contributed by atoms with Crippen LogP contribution >= 0.6 is 0 Å². The Kier molecular flexibility index (Phi) is 13.4. The molecule has 0 aromatic heterocycles. The molecule has 13 nitrogen and oxygen atoms in total. The molecule has 1 aliphatic carbocycles. The fraction of sp³-hybridized carbons (Fsp3) is 0.811. The van der Waals surface area contributed by atoms with Gasteiger partial charge in [-0.2, -0.15) is 0 Å². The van der Waals surface area contributed by atoms with E-state index < -0.39 is 57.5 Å². The van der Waals surface area contributed by atoms with Crippen LogP contribution in [0.3, 0.4) is 0 Å². The predicted octanol–water partition coefficient (Wildman–Crippen LogP) is 2.65. The van der Waals surface area contributed by atoms with Crippen molar-refractivity contribution in [1.29, 1.82) is 0 Å². The number of likely N-dealkylation sites (tertiary alicyclic amines) is 1. The van der Waals surface area contributed by atoms with Gasteiger partial charge in [0.2, 0.25) is 17.6 Å². The molecule has 6 atom stereocenters. The molecule has 1 saturated carbocycles. The molecule has 51 heavy (non-hydrogen) atoms. The van der Waals surface area contributed by atoms with Crippen molar-refractivity contribution in [3.8, 4) is 0 Å². The van der Waals surface area contributed by atoms with Crippen LogP contribution in [0.2, 0.25) is 0 Å². The van der Waals surface area contributed by atoms with Crippen LogP contribution in [0.15, 0.2) is 12.7 Å². The molecule has 2 aliphatic heterocycles. The predicted molar refractivity (Wildman–Crippen MR) is 203 cm³/mol. The van der Waals surface area contributed by atoms with Crippen LogP contribution < -0.4 is 21.3 Å². The summed E-state index contributed by atoms with van der Waals surface area (Å²) >= 11 is 0. The molecule has 5 amide bonds. The first-order valence-electron chi connectivity index (χ1n) is 18.6. The molecule has 1 unspecified atom stereocenters. The first-order valence-corrected chi connectivity index (χ1v) is 20.7. The highest BCUT2D eigenvalue weighted by Crippen LogP contribution is 2.65. The summed E-state index contributed by atoms with van der Waals surface area (Å²) in [6.07, 6.45) is 4.94. The number of piperidine rings is 1. The quantitative estimate of drug-likeness (QED) is 0.0988. The van der Waals surface area contributed by atoms with Gasteiger partial charge in [0.15, 0.2) is 0 Å². The van der Waals surface area contributed by atoms with Gasteiger partial charge in [-0.25, -0.2) is 13.4 Å². The molecule has 0 aromatic rings. The van der Waals surface area contributed by atoms with Gasteiger partial charge in [-0.3, -0.25) is 23.4 Å². The number of hydrogen-bond donors (Lipinski definition) is 5. The van der Waals surface area contributed by atoms with E-state index in [1.54, 1.807) is 11.2 Å². The Morgan fingerprint density at radius 3 is 2.12 bits per heavy atom. The Hall–Kier alpha value is -2.84. The van der Waals surface area contributed by atoms with E-state index in [2.05, 4.69) is 41.7 Å². The summed E-state index contributed by atoms with van der Waals surface area (Å²) in [5, 5.41) is 11.4. The molecule has 4 N–H and O–H groups in total. The minimum absolute atomic E-state index is 0.0770. The van der Waals surface area contributed by atoms with Crippen LogP contribution in [0.5, 0.6) is 0 Å². The standard InChI is InChI=1S/C37H67N7O6S/c1-14-16-17-25(29(45)32(47)38-18-15-2)39-31(46)28-27-24(37(27,11)12)21-43(28)33(48)30(36(8,9)10)41-34(49)40-26(35(5,6)7)22-42-19-20-44(23(3)4)51(42,13)50/h15,23-28,30,51H,2,14,16-22H2,1,3-13H3,(H,38,47)(H,39,46)(H2,40,41,49)/t24-,25?,26+,27-,28-,30+/m0/s1. The molecule has 2 heterocycles. The zero-order valence-electron chi connectivity index (χ0n) is 33.2. The second kappa shape index (κ2) is 16.0. The molecular formula is C37H67N7O6S. The highest BCUT2D eigenvalue weighted by atomic mass is 32.3. The van der Waals surface area contributed by atoms with E-state index in [0.717, 1.165) is 6.42 Å². The van der Waals surface area contributed by atoms with Gasteiger partial charge in [-0.15, -0.1) is 6.58 Å². The van der Waals surface area contributed by atoms with Crippen LogP contribution in [0.4, 0.5) is 4.79 Å². The number of urea groups is 1. The van der Waals surface area contributed by atoms with E-state index in [1.165, 1.54) is 6.08 Å². The summed E-state index contributed by atoms with van der Waals surface area (Å²) < 4.78 is 17.8. The lowest BCUT2D eigenvalue weighted by Gasteiger charge is -2.41. The van der Waals surface area contributed by atoms with Crippen LogP contribution in [0.25, 0.3) is 0 Å². The molecule has 0 radical (unpaired) electrons. The minimum Gasteiger partial charge on any atom is -0.346 e. The van der Waals surface area contributed by atoms with Crippen molar-refractivity contribution in [2.24, 2.45) is 28.1 Å². The number of nitrogens with zero attached hydrogens (tertiary/aromatic N) is 3. The van der Waals surface area contributed by atoms with Crippen molar-refractivity contribution in [3.05, 3.63) is 12.7 Å². The normalized spacial score (nSPS) is 25.3. The Morgan fingerprint density at radius 1 is 0.980 bits per heavy atom. The Morgan fingerprint density at radius 2 is 1.61 bits per heavy atom. The van der Waals surface area contributed by atoms with Gasteiger partial charge in [-0.05, 0) is 58.7 Å². The van der Waals surface area contributed by atoms with E-state index in [1.807, 2.05) is 70.9 Å². The van der Waals surface area contributed by atoms with E-state index in [-0.39, 0.29) is 47.2 Å². The van der Waals surface area contributed by atoms with E-state index in [4.69, 9.17) is 0 Å². The topological polar surface area (TPSA) is 160 Å². The fourth-order valence-electron chi connectivity index (χ4n) is 7.73. The number of ketones is 1. The van der Waals surface area contributed by atoms with Crippen molar-refractivity contribution in [1.82, 2.24) is 34.8 Å². The number of carbonyl (C=O) groups excluding carboxylic acids is 5. The number of carbonyl (C=O) groups is 5. The average molecular weight is 738 g/mol. The van der Waals surface area contributed by atoms with Crippen molar-refractivity contribution >= 4 is 39.8 Å². The van der Waals surface area contributed by atoms with Gasteiger partial charge in [0, 0.05) is 51.1 Å². The van der Waals surface area contributed by atoms with E-state index in [9.17, 15) is 28.2 Å². The van der Waals surface area contributed by atoms with E-state index in [0.29, 0.717) is 39.0 Å². The Balaban J connectivity index is 1.83. The Bertz CT molecular complexity index is 1390. The van der Waals surface area contributed by atoms with Crippen molar-refractivity contribution < 1.29 is 28.2 Å². The molecule has 0 aromatic carbocycles. The lowest BCUT2D eigenvalue weighted by atomic mass is 9.85. The number of fused-ring (bicyclic) bond motifs is 1. The summed E-state index contributed by atoms with van der Waals surface area (Å²) in [5.74, 6) is -2.42. The van der Waals surface area contributed by atoms with E-state index >= 15 is 0 Å². The van der Waals surface area contributed by atoms with Gasteiger partial charge in [0.1, 0.15) is 12.1 Å². The third-order valence-electron chi connectivity index (χ3n) is 11.2. The smallest absolute Gasteiger partial charge is 0.315 e. The number of unbranched alkanes of at least 4 members (excludes halogenated alkanes) is 1. The first-order chi connectivity index (χ1) is 23.4. The monoisotopic (exact) mass is 737 g/mol. The number of rotatable bonds is 15. The van der Waals surface area contributed by atoms with Gasteiger partial charge in [-0.1, -0.05) is 81.2 Å². The van der Waals surface area contributed by atoms with Crippen molar-refractivity contribution in [3.63, 3.8) is 0 Å². The molecule has 0 bridgehead atoms. The molecule has 0 spiro atoms. The molecule has 2 saturated heterocycles.